The minimum atomic E-state index is -0.312. The van der Waals surface area contributed by atoms with Gasteiger partial charge in [-0.1, -0.05) is 29.8 Å². The van der Waals surface area contributed by atoms with E-state index in [4.69, 9.17) is 0 Å². The Morgan fingerprint density at radius 2 is 1.57 bits per heavy atom. The topological polar surface area (TPSA) is 83.1 Å². The average Bonchev–Trinajstić information content (AvgIpc) is 2.72. The third-order valence-electron chi connectivity index (χ3n) is 4.14. The number of aromatic nitrogens is 1. The highest BCUT2D eigenvalue weighted by molar-refractivity contribution is 5.95. The van der Waals surface area contributed by atoms with E-state index in [0.717, 1.165) is 16.7 Å². The van der Waals surface area contributed by atoms with Crippen LogP contribution in [0.5, 0.6) is 0 Å². The highest BCUT2D eigenvalue weighted by Crippen LogP contribution is 2.10. The molecule has 0 atom stereocenters. The van der Waals surface area contributed by atoms with E-state index in [1.54, 1.807) is 36.7 Å². The molecule has 3 amide bonds. The molecule has 0 radical (unpaired) electrons. The lowest BCUT2D eigenvalue weighted by Crippen LogP contribution is -2.28. The highest BCUT2D eigenvalue weighted by Gasteiger charge is 2.07. The first-order chi connectivity index (χ1) is 13.6. The van der Waals surface area contributed by atoms with E-state index in [1.165, 1.54) is 0 Å². The Kier molecular flexibility index (Phi) is 6.36. The maximum atomic E-state index is 12.3. The molecule has 0 aliphatic rings. The van der Waals surface area contributed by atoms with Gasteiger partial charge in [0.05, 0.1) is 0 Å². The number of hydrogen-bond acceptors (Lipinski definition) is 3. The molecule has 142 valence electrons. The number of carbonyl (C=O) groups excluding carboxylic acids is 2. The number of anilines is 1. The predicted molar refractivity (Wildman–Crippen MR) is 109 cm³/mol. The van der Waals surface area contributed by atoms with Crippen LogP contribution in [0.15, 0.2) is 73.1 Å². The van der Waals surface area contributed by atoms with Crippen molar-refractivity contribution in [3.05, 3.63) is 95.3 Å². The van der Waals surface area contributed by atoms with E-state index in [-0.39, 0.29) is 11.9 Å². The van der Waals surface area contributed by atoms with Crippen molar-refractivity contribution < 1.29 is 9.59 Å². The Bertz CT molecular complexity index is 940. The molecule has 3 aromatic rings. The van der Waals surface area contributed by atoms with Crippen LogP contribution in [0.2, 0.25) is 0 Å². The van der Waals surface area contributed by atoms with Crippen LogP contribution in [0.3, 0.4) is 0 Å². The molecule has 0 bridgehead atoms. The molecule has 0 fully saturated rings. The molecule has 0 spiro atoms. The summed E-state index contributed by atoms with van der Waals surface area (Å²) < 4.78 is 0. The lowest BCUT2D eigenvalue weighted by atomic mass is 10.1. The molecular formula is C22H22N4O2. The number of aryl methyl sites for hydroxylation is 1. The van der Waals surface area contributed by atoms with Gasteiger partial charge >= 0.3 is 6.03 Å². The van der Waals surface area contributed by atoms with E-state index in [9.17, 15) is 9.59 Å². The van der Waals surface area contributed by atoms with E-state index in [2.05, 4.69) is 20.9 Å². The van der Waals surface area contributed by atoms with Gasteiger partial charge in [-0.3, -0.25) is 9.78 Å². The average molecular weight is 374 g/mol. The summed E-state index contributed by atoms with van der Waals surface area (Å²) in [5.74, 6) is -0.157. The Morgan fingerprint density at radius 3 is 2.29 bits per heavy atom. The van der Waals surface area contributed by atoms with E-state index < -0.39 is 0 Å². The number of nitrogens with zero attached hydrogens (tertiary/aromatic N) is 1. The third-order valence-corrected chi connectivity index (χ3v) is 4.14. The van der Waals surface area contributed by atoms with Gasteiger partial charge in [0.15, 0.2) is 0 Å². The first-order valence-corrected chi connectivity index (χ1v) is 8.98. The van der Waals surface area contributed by atoms with Crippen LogP contribution in [0.1, 0.15) is 27.0 Å². The largest absolute Gasteiger partial charge is 0.348 e. The molecule has 0 aliphatic heterocycles. The fraction of sp³-hybridized carbons (Fsp3) is 0.136. The Labute approximate surface area is 164 Å². The first-order valence-electron chi connectivity index (χ1n) is 8.98. The summed E-state index contributed by atoms with van der Waals surface area (Å²) >= 11 is 0. The van der Waals surface area contributed by atoms with Crippen molar-refractivity contribution in [2.24, 2.45) is 0 Å². The fourth-order valence-electron chi connectivity index (χ4n) is 2.67. The van der Waals surface area contributed by atoms with Crippen molar-refractivity contribution in [1.29, 1.82) is 0 Å². The van der Waals surface area contributed by atoms with Gasteiger partial charge < -0.3 is 16.0 Å². The predicted octanol–water partition coefficient (Wildman–Crippen LogP) is 3.64. The summed E-state index contributed by atoms with van der Waals surface area (Å²) in [6, 6.07) is 18.1. The zero-order chi connectivity index (χ0) is 19.8. The zero-order valence-electron chi connectivity index (χ0n) is 15.6. The minimum absolute atomic E-state index is 0.157. The molecule has 6 nitrogen and oxygen atoms in total. The van der Waals surface area contributed by atoms with E-state index >= 15 is 0 Å². The second kappa shape index (κ2) is 9.32. The molecule has 0 aliphatic carbocycles. The first kappa shape index (κ1) is 19.1. The van der Waals surface area contributed by atoms with Crippen LogP contribution in [-0.4, -0.2) is 16.9 Å². The van der Waals surface area contributed by atoms with Gasteiger partial charge in [-0.15, -0.1) is 0 Å². The standard InChI is InChI=1S/C22H22N4O2/c1-16-3-2-4-18(13-16)15-24-21(27)19-5-7-20(8-6-19)26-22(28)25-14-17-9-11-23-12-10-17/h2-13H,14-15H2,1H3,(H,24,27)(H2,25,26,28). The number of benzene rings is 2. The summed E-state index contributed by atoms with van der Waals surface area (Å²) in [4.78, 5) is 28.2. The van der Waals surface area contributed by atoms with Crippen molar-refractivity contribution in [3.8, 4) is 0 Å². The van der Waals surface area contributed by atoms with Gasteiger partial charge in [0.25, 0.3) is 5.91 Å². The number of urea groups is 1. The second-order valence-corrected chi connectivity index (χ2v) is 6.41. The molecule has 6 heteroatoms. The van der Waals surface area contributed by atoms with Gasteiger partial charge in [-0.25, -0.2) is 4.79 Å². The number of hydrogen-bond donors (Lipinski definition) is 3. The number of rotatable bonds is 6. The summed E-state index contributed by atoms with van der Waals surface area (Å²) in [5.41, 5.74) is 4.32. The minimum Gasteiger partial charge on any atom is -0.348 e. The molecular weight excluding hydrogens is 352 g/mol. The molecule has 2 aromatic carbocycles. The number of carbonyl (C=O) groups is 2. The molecule has 3 N–H and O–H groups in total. The molecule has 0 saturated carbocycles. The molecule has 0 saturated heterocycles. The van der Waals surface area contributed by atoms with E-state index in [0.29, 0.717) is 24.3 Å². The SMILES string of the molecule is Cc1cccc(CNC(=O)c2ccc(NC(=O)NCc3ccncc3)cc2)c1. The molecule has 0 unspecified atom stereocenters. The Balaban J connectivity index is 1.48. The molecule has 3 rings (SSSR count). The quantitative estimate of drug-likeness (QED) is 0.616. The van der Waals surface area contributed by atoms with Gasteiger partial charge in [0, 0.05) is 36.7 Å². The smallest absolute Gasteiger partial charge is 0.319 e. The second-order valence-electron chi connectivity index (χ2n) is 6.41. The maximum Gasteiger partial charge on any atom is 0.319 e. The molecule has 28 heavy (non-hydrogen) atoms. The summed E-state index contributed by atoms with van der Waals surface area (Å²) in [6.07, 6.45) is 3.36. The Hall–Kier alpha value is -3.67. The highest BCUT2D eigenvalue weighted by atomic mass is 16.2. The van der Waals surface area contributed by atoms with Gasteiger partial charge in [-0.05, 0) is 54.4 Å². The van der Waals surface area contributed by atoms with Crippen LogP contribution in [0, 0.1) is 6.92 Å². The third kappa shape index (κ3) is 5.67. The van der Waals surface area contributed by atoms with Crippen molar-refractivity contribution in [1.82, 2.24) is 15.6 Å². The monoisotopic (exact) mass is 374 g/mol. The lowest BCUT2D eigenvalue weighted by molar-refractivity contribution is 0.0951. The fourth-order valence-corrected chi connectivity index (χ4v) is 2.67. The number of amides is 3. The molecule has 1 heterocycles. The Morgan fingerprint density at radius 1 is 0.857 bits per heavy atom. The van der Waals surface area contributed by atoms with E-state index in [1.807, 2.05) is 43.3 Å². The van der Waals surface area contributed by atoms with Gasteiger partial charge in [-0.2, -0.15) is 0 Å². The van der Waals surface area contributed by atoms with Crippen molar-refractivity contribution in [2.45, 2.75) is 20.0 Å². The summed E-state index contributed by atoms with van der Waals surface area (Å²) in [6.45, 7) is 2.90. The van der Waals surface area contributed by atoms with Crippen LogP contribution in [0.25, 0.3) is 0 Å². The number of pyridine rings is 1. The van der Waals surface area contributed by atoms with Gasteiger partial charge in [0.1, 0.15) is 0 Å². The molecule has 1 aromatic heterocycles. The normalized spacial score (nSPS) is 10.2. The van der Waals surface area contributed by atoms with Crippen LogP contribution in [0.4, 0.5) is 10.5 Å². The van der Waals surface area contributed by atoms with Crippen LogP contribution >= 0.6 is 0 Å². The zero-order valence-corrected chi connectivity index (χ0v) is 15.6. The van der Waals surface area contributed by atoms with Crippen LogP contribution < -0.4 is 16.0 Å². The lowest BCUT2D eigenvalue weighted by Gasteiger charge is -2.09. The van der Waals surface area contributed by atoms with Crippen molar-refractivity contribution in [3.63, 3.8) is 0 Å². The van der Waals surface area contributed by atoms with Crippen molar-refractivity contribution >= 4 is 17.6 Å². The summed E-state index contributed by atoms with van der Waals surface area (Å²) in [7, 11) is 0. The van der Waals surface area contributed by atoms with Gasteiger partial charge in [0.2, 0.25) is 0 Å². The number of nitrogens with one attached hydrogen (secondary N) is 3. The maximum absolute atomic E-state index is 12.3. The van der Waals surface area contributed by atoms with Crippen molar-refractivity contribution in [2.75, 3.05) is 5.32 Å². The summed E-state index contributed by atoms with van der Waals surface area (Å²) in [5, 5.41) is 8.41. The van der Waals surface area contributed by atoms with Crippen LogP contribution in [-0.2, 0) is 13.1 Å².